The third-order valence-corrected chi connectivity index (χ3v) is 9.48. The highest BCUT2D eigenvalue weighted by Gasteiger charge is 2.39. The average Bonchev–Trinajstić information content (AvgIpc) is 2.83. The molecule has 0 heterocycles. The standard InChI is InChI=1S/C29H47NO7S/c1-18-15-23(30-38(33,34)17-20-11-9-8-10-12-20)19(2)26(27(28(31)32)37-29(3,4)5)25(18)22-14-13-21(35-6)16-24(22)36-7/h15,20-22,24,27,30H,8-14,16-17H2,1-7H3,(H,31,32). The number of carboxylic acid groups (broad SMARTS) is 1. The highest BCUT2D eigenvalue weighted by atomic mass is 32.2. The fraction of sp³-hybridized carbons (Fsp3) is 0.759. The first kappa shape index (κ1) is 30.9. The van der Waals surface area contributed by atoms with Crippen molar-refractivity contribution in [1.82, 2.24) is 0 Å². The van der Waals surface area contributed by atoms with Crippen LogP contribution in [0.4, 0.5) is 5.69 Å². The quantitative estimate of drug-likeness (QED) is 0.373. The van der Waals surface area contributed by atoms with Gasteiger partial charge in [0, 0.05) is 32.1 Å². The molecule has 0 spiro atoms. The van der Waals surface area contributed by atoms with E-state index >= 15 is 0 Å². The molecule has 38 heavy (non-hydrogen) atoms. The monoisotopic (exact) mass is 553 g/mol. The second-order valence-corrected chi connectivity index (χ2v) is 13.8. The van der Waals surface area contributed by atoms with Crippen molar-refractivity contribution < 1.29 is 32.5 Å². The molecule has 2 saturated carbocycles. The van der Waals surface area contributed by atoms with Crippen molar-refractivity contribution in [2.24, 2.45) is 5.92 Å². The number of methoxy groups -OCH3 is 2. The SMILES string of the molecule is COC1CCC(c2c(C)cc(NS(=O)(=O)CC3CCCCC3)c(C)c2C(OC(C)(C)C)C(=O)O)C(OC)C1. The molecule has 0 amide bonds. The number of aliphatic carboxylic acids is 1. The van der Waals surface area contributed by atoms with E-state index in [1.54, 1.807) is 21.1 Å². The van der Waals surface area contributed by atoms with E-state index in [2.05, 4.69) is 4.72 Å². The molecule has 2 fully saturated rings. The molecule has 4 unspecified atom stereocenters. The van der Waals surface area contributed by atoms with Crippen molar-refractivity contribution in [1.29, 1.82) is 0 Å². The lowest BCUT2D eigenvalue weighted by Crippen LogP contribution is -2.36. The van der Waals surface area contributed by atoms with Crippen LogP contribution in [0.1, 0.15) is 106 Å². The van der Waals surface area contributed by atoms with Crippen LogP contribution < -0.4 is 4.72 Å². The number of carboxylic acids is 1. The fourth-order valence-electron chi connectivity index (χ4n) is 6.26. The number of rotatable bonds is 10. The molecule has 0 radical (unpaired) electrons. The number of hydrogen-bond acceptors (Lipinski definition) is 6. The molecular weight excluding hydrogens is 506 g/mol. The number of anilines is 1. The third-order valence-electron chi connectivity index (χ3n) is 8.04. The van der Waals surface area contributed by atoms with Crippen molar-refractivity contribution in [3.05, 3.63) is 28.3 Å². The number of benzene rings is 1. The van der Waals surface area contributed by atoms with Crippen LogP contribution in [0, 0.1) is 19.8 Å². The summed E-state index contributed by atoms with van der Waals surface area (Å²) in [6.07, 6.45) is 6.07. The Morgan fingerprint density at radius 3 is 2.29 bits per heavy atom. The fourth-order valence-corrected chi connectivity index (χ4v) is 7.84. The Morgan fingerprint density at radius 2 is 1.74 bits per heavy atom. The first-order chi connectivity index (χ1) is 17.8. The maximum atomic E-state index is 13.2. The van der Waals surface area contributed by atoms with Gasteiger partial charge in [-0.25, -0.2) is 13.2 Å². The van der Waals surface area contributed by atoms with Gasteiger partial charge in [0.25, 0.3) is 0 Å². The first-order valence-corrected chi connectivity index (χ1v) is 15.5. The number of sulfonamides is 1. The molecule has 8 nitrogen and oxygen atoms in total. The number of ether oxygens (including phenoxy) is 3. The van der Waals surface area contributed by atoms with E-state index in [0.29, 0.717) is 23.2 Å². The highest BCUT2D eigenvalue weighted by molar-refractivity contribution is 7.92. The van der Waals surface area contributed by atoms with Gasteiger partial charge < -0.3 is 19.3 Å². The van der Waals surface area contributed by atoms with E-state index in [4.69, 9.17) is 14.2 Å². The van der Waals surface area contributed by atoms with E-state index in [-0.39, 0.29) is 29.8 Å². The lowest BCUT2D eigenvalue weighted by molar-refractivity contribution is -0.160. The summed E-state index contributed by atoms with van der Waals surface area (Å²) in [7, 11) is -0.244. The molecule has 9 heteroatoms. The summed E-state index contributed by atoms with van der Waals surface area (Å²) in [6.45, 7) is 9.18. The Bertz CT molecular complexity index is 1070. The zero-order valence-electron chi connectivity index (χ0n) is 24.1. The van der Waals surface area contributed by atoms with Gasteiger partial charge in [-0.15, -0.1) is 0 Å². The zero-order valence-corrected chi connectivity index (χ0v) is 24.9. The minimum absolute atomic E-state index is 0.0709. The summed E-state index contributed by atoms with van der Waals surface area (Å²) in [5.41, 5.74) is 2.48. The van der Waals surface area contributed by atoms with Crippen molar-refractivity contribution in [3.63, 3.8) is 0 Å². The summed E-state index contributed by atoms with van der Waals surface area (Å²) in [5, 5.41) is 10.4. The molecule has 1 aromatic rings. The summed E-state index contributed by atoms with van der Waals surface area (Å²) in [4.78, 5) is 12.7. The number of carbonyl (C=O) groups is 1. The predicted molar refractivity (Wildman–Crippen MR) is 149 cm³/mol. The molecule has 4 atom stereocenters. The Morgan fingerprint density at radius 1 is 1.08 bits per heavy atom. The lowest BCUT2D eigenvalue weighted by atomic mass is 9.75. The maximum Gasteiger partial charge on any atom is 0.337 e. The Hall–Kier alpha value is -1.68. The first-order valence-electron chi connectivity index (χ1n) is 13.9. The van der Waals surface area contributed by atoms with Gasteiger partial charge in [0.15, 0.2) is 6.10 Å². The number of aryl methyl sites for hydroxylation is 1. The van der Waals surface area contributed by atoms with Gasteiger partial charge in [-0.1, -0.05) is 19.3 Å². The van der Waals surface area contributed by atoms with Crippen LogP contribution in [-0.4, -0.2) is 57.3 Å². The van der Waals surface area contributed by atoms with Crippen LogP contribution in [0.15, 0.2) is 6.07 Å². The molecule has 3 rings (SSSR count). The van der Waals surface area contributed by atoms with Gasteiger partial charge in [-0.05, 0) is 89.0 Å². The zero-order chi connectivity index (χ0) is 28.3. The van der Waals surface area contributed by atoms with Gasteiger partial charge in [0.2, 0.25) is 10.0 Å². The molecule has 2 N–H and O–H groups in total. The summed E-state index contributed by atoms with van der Waals surface area (Å²) < 4.78 is 46.9. The lowest BCUT2D eigenvalue weighted by Gasteiger charge is -2.38. The molecule has 0 bridgehead atoms. The topological polar surface area (TPSA) is 111 Å². The Kier molecular flexibility index (Phi) is 10.3. The van der Waals surface area contributed by atoms with Crippen LogP contribution in [0.5, 0.6) is 0 Å². The van der Waals surface area contributed by atoms with Crippen molar-refractivity contribution in [2.75, 3.05) is 24.7 Å². The second kappa shape index (κ2) is 12.7. The van der Waals surface area contributed by atoms with E-state index < -0.39 is 27.7 Å². The van der Waals surface area contributed by atoms with E-state index in [9.17, 15) is 18.3 Å². The molecular formula is C29H47NO7S. The highest BCUT2D eigenvalue weighted by Crippen LogP contribution is 2.45. The molecule has 0 aliphatic heterocycles. The van der Waals surface area contributed by atoms with Gasteiger partial charge in [-0.2, -0.15) is 0 Å². The molecule has 0 saturated heterocycles. The van der Waals surface area contributed by atoms with E-state index in [1.807, 2.05) is 33.8 Å². The molecule has 1 aromatic carbocycles. The number of hydrogen-bond donors (Lipinski definition) is 2. The predicted octanol–water partition coefficient (Wildman–Crippen LogP) is 5.86. The molecule has 0 aromatic heterocycles. The van der Waals surface area contributed by atoms with Crippen LogP contribution >= 0.6 is 0 Å². The van der Waals surface area contributed by atoms with Crippen molar-refractivity contribution in [3.8, 4) is 0 Å². The van der Waals surface area contributed by atoms with Gasteiger partial charge in [0.05, 0.1) is 29.2 Å². The third kappa shape index (κ3) is 7.71. The summed E-state index contributed by atoms with van der Waals surface area (Å²) >= 11 is 0. The molecule has 2 aliphatic rings. The smallest absolute Gasteiger partial charge is 0.337 e. The minimum Gasteiger partial charge on any atom is -0.479 e. The van der Waals surface area contributed by atoms with Crippen LogP contribution in [-0.2, 0) is 29.0 Å². The normalized spacial score (nSPS) is 24.2. The Balaban J connectivity index is 2.11. The Labute approximate surface area is 228 Å². The van der Waals surface area contributed by atoms with Crippen molar-refractivity contribution in [2.45, 2.75) is 116 Å². The summed E-state index contributed by atoms with van der Waals surface area (Å²) in [5.74, 6) is -0.949. The second-order valence-electron chi connectivity index (χ2n) is 12.1. The van der Waals surface area contributed by atoms with Crippen LogP contribution in [0.25, 0.3) is 0 Å². The van der Waals surface area contributed by atoms with Crippen LogP contribution in [0.3, 0.4) is 0 Å². The average molecular weight is 554 g/mol. The number of nitrogens with one attached hydrogen (secondary N) is 1. The van der Waals surface area contributed by atoms with Gasteiger partial charge in [-0.3, -0.25) is 4.72 Å². The van der Waals surface area contributed by atoms with Crippen molar-refractivity contribution >= 4 is 21.7 Å². The maximum absolute atomic E-state index is 13.2. The minimum atomic E-state index is -3.61. The molecule has 2 aliphatic carbocycles. The van der Waals surface area contributed by atoms with Gasteiger partial charge in [0.1, 0.15) is 0 Å². The van der Waals surface area contributed by atoms with Gasteiger partial charge >= 0.3 is 5.97 Å². The largest absolute Gasteiger partial charge is 0.479 e. The van der Waals surface area contributed by atoms with E-state index in [1.165, 1.54) is 0 Å². The summed E-state index contributed by atoms with van der Waals surface area (Å²) in [6, 6.07) is 1.84. The van der Waals surface area contributed by atoms with Crippen LogP contribution in [0.2, 0.25) is 0 Å². The molecule has 216 valence electrons. The van der Waals surface area contributed by atoms with E-state index in [0.717, 1.165) is 56.1 Å².